The predicted molar refractivity (Wildman–Crippen MR) is 92.2 cm³/mol. The Morgan fingerprint density at radius 3 is 2.70 bits per heavy atom. The Kier molecular flexibility index (Phi) is 4.83. The van der Waals surface area contributed by atoms with Crippen LogP contribution in [0.25, 0.3) is 5.13 Å². The Hall–Kier alpha value is -2.47. The third kappa shape index (κ3) is 3.65. The zero-order chi connectivity index (χ0) is 16.1. The van der Waals surface area contributed by atoms with Gasteiger partial charge in [-0.2, -0.15) is 0 Å². The maximum absolute atomic E-state index is 12.6. The Labute approximate surface area is 139 Å². The van der Waals surface area contributed by atoms with E-state index in [2.05, 4.69) is 22.2 Å². The predicted octanol–water partition coefficient (Wildman–Crippen LogP) is 3.92. The summed E-state index contributed by atoms with van der Waals surface area (Å²) in [4.78, 5) is 21.9. The monoisotopic (exact) mass is 326 g/mol. The minimum Gasteiger partial charge on any atom is -0.321 e. The number of unbranched alkanes of at least 4 members (excludes halogenated alkanes) is 1. The summed E-state index contributed by atoms with van der Waals surface area (Å²) >= 11 is 1.42. The van der Waals surface area contributed by atoms with Crippen LogP contribution in [0.3, 0.4) is 0 Å². The summed E-state index contributed by atoms with van der Waals surface area (Å²) < 4.78 is 1.93. The van der Waals surface area contributed by atoms with Gasteiger partial charge in [-0.15, -0.1) is 0 Å². The van der Waals surface area contributed by atoms with Gasteiger partial charge in [-0.1, -0.05) is 24.7 Å². The number of hydrogen-bond donors (Lipinski definition) is 1. The second-order valence-corrected chi connectivity index (χ2v) is 6.13. The summed E-state index contributed by atoms with van der Waals surface area (Å²) in [5, 5.41) is 3.74. The third-order valence-corrected chi connectivity index (χ3v) is 4.53. The Bertz CT molecular complexity index is 765. The number of anilines is 1. The van der Waals surface area contributed by atoms with Gasteiger partial charge in [0.05, 0.1) is 5.69 Å². The summed E-state index contributed by atoms with van der Waals surface area (Å²) in [6, 6.07) is 7.45. The molecule has 3 heterocycles. The molecule has 0 aliphatic rings. The van der Waals surface area contributed by atoms with Crippen LogP contribution >= 0.6 is 11.3 Å². The number of nitrogens with zero attached hydrogens (tertiary/aromatic N) is 3. The average molecular weight is 326 g/mol. The lowest BCUT2D eigenvalue weighted by Gasteiger charge is -2.04. The molecule has 5 nitrogen and oxygen atoms in total. The normalized spacial score (nSPS) is 10.7. The van der Waals surface area contributed by atoms with E-state index in [9.17, 15) is 4.79 Å². The fourth-order valence-corrected chi connectivity index (χ4v) is 3.20. The molecule has 0 radical (unpaired) electrons. The maximum atomic E-state index is 12.6. The van der Waals surface area contributed by atoms with Crippen LogP contribution in [0.4, 0.5) is 5.69 Å². The van der Waals surface area contributed by atoms with Crippen molar-refractivity contribution in [1.29, 1.82) is 0 Å². The summed E-state index contributed by atoms with van der Waals surface area (Å²) in [6.07, 6.45) is 10.1. The molecule has 3 aromatic heterocycles. The highest BCUT2D eigenvalue weighted by molar-refractivity contribution is 7.16. The second-order valence-electron chi connectivity index (χ2n) is 5.16. The van der Waals surface area contributed by atoms with Crippen LogP contribution in [0.15, 0.2) is 49.1 Å². The lowest BCUT2D eigenvalue weighted by atomic mass is 10.2. The third-order valence-electron chi connectivity index (χ3n) is 3.42. The standard InChI is InChI=1S/C17H18N4OS/c1-2-3-6-14-15(16(22)19-13-7-9-18-10-8-13)23-17(20-14)21-11-4-5-12-21/h4-5,7-12H,2-3,6H2,1H3,(H,18,19,22). The van der Waals surface area contributed by atoms with E-state index in [0.29, 0.717) is 4.88 Å². The van der Waals surface area contributed by atoms with E-state index in [1.54, 1.807) is 24.5 Å². The lowest BCUT2D eigenvalue weighted by Crippen LogP contribution is -2.12. The van der Waals surface area contributed by atoms with E-state index in [-0.39, 0.29) is 5.91 Å². The molecule has 6 heteroatoms. The van der Waals surface area contributed by atoms with Crippen LogP contribution in [0.5, 0.6) is 0 Å². The smallest absolute Gasteiger partial charge is 0.267 e. The number of aromatic nitrogens is 3. The molecule has 3 rings (SSSR count). The molecule has 23 heavy (non-hydrogen) atoms. The minimum absolute atomic E-state index is 0.113. The number of thiazole rings is 1. The van der Waals surface area contributed by atoms with Gasteiger partial charge in [0.2, 0.25) is 0 Å². The minimum atomic E-state index is -0.113. The molecular formula is C17H18N4OS. The van der Waals surface area contributed by atoms with Crippen molar-refractivity contribution < 1.29 is 4.79 Å². The van der Waals surface area contributed by atoms with Crippen LogP contribution in [0, 0.1) is 0 Å². The molecule has 1 N–H and O–H groups in total. The zero-order valence-corrected chi connectivity index (χ0v) is 13.7. The first-order valence-electron chi connectivity index (χ1n) is 7.62. The number of amides is 1. The van der Waals surface area contributed by atoms with Gasteiger partial charge < -0.3 is 9.88 Å². The van der Waals surface area contributed by atoms with E-state index in [1.807, 2.05) is 29.1 Å². The highest BCUT2D eigenvalue weighted by Gasteiger charge is 2.18. The Morgan fingerprint density at radius 1 is 1.26 bits per heavy atom. The van der Waals surface area contributed by atoms with Gasteiger partial charge in [-0.3, -0.25) is 9.78 Å². The number of aryl methyl sites for hydroxylation is 1. The molecule has 1 amide bonds. The molecule has 118 valence electrons. The Morgan fingerprint density at radius 2 is 2.00 bits per heavy atom. The summed E-state index contributed by atoms with van der Waals surface area (Å²) in [5.74, 6) is -0.113. The van der Waals surface area contributed by atoms with Crippen LogP contribution in [-0.2, 0) is 6.42 Å². The summed E-state index contributed by atoms with van der Waals surface area (Å²) in [5.41, 5.74) is 1.61. The molecule has 0 aliphatic carbocycles. The van der Waals surface area contributed by atoms with E-state index >= 15 is 0 Å². The van der Waals surface area contributed by atoms with Gasteiger partial charge >= 0.3 is 0 Å². The first-order valence-corrected chi connectivity index (χ1v) is 8.44. The van der Waals surface area contributed by atoms with Gasteiger partial charge in [-0.25, -0.2) is 4.98 Å². The highest BCUT2D eigenvalue weighted by atomic mass is 32.1. The van der Waals surface area contributed by atoms with Gasteiger partial charge in [0.1, 0.15) is 4.88 Å². The topological polar surface area (TPSA) is 59.8 Å². The average Bonchev–Trinajstić information content (AvgIpc) is 3.23. The number of hydrogen-bond acceptors (Lipinski definition) is 4. The van der Waals surface area contributed by atoms with Crippen molar-refractivity contribution in [2.75, 3.05) is 5.32 Å². The van der Waals surface area contributed by atoms with Gasteiger partial charge in [0, 0.05) is 30.5 Å². The molecule has 0 aromatic carbocycles. The van der Waals surface area contributed by atoms with Gasteiger partial charge in [0.15, 0.2) is 5.13 Å². The van der Waals surface area contributed by atoms with Crippen LogP contribution in [-0.4, -0.2) is 20.4 Å². The molecule has 0 saturated heterocycles. The van der Waals surface area contributed by atoms with E-state index < -0.39 is 0 Å². The SMILES string of the molecule is CCCCc1nc(-n2cccc2)sc1C(=O)Nc1ccncc1. The first-order chi connectivity index (χ1) is 11.3. The fraction of sp³-hybridized carbons (Fsp3) is 0.235. The molecule has 0 aliphatic heterocycles. The molecule has 0 unspecified atom stereocenters. The van der Waals surface area contributed by atoms with Crippen molar-refractivity contribution in [3.05, 3.63) is 59.6 Å². The molecular weight excluding hydrogens is 308 g/mol. The molecule has 0 bridgehead atoms. The molecule has 0 atom stereocenters. The molecule has 0 fully saturated rings. The largest absolute Gasteiger partial charge is 0.321 e. The number of carbonyl (C=O) groups is 1. The Balaban J connectivity index is 1.88. The van der Waals surface area contributed by atoms with Crippen molar-refractivity contribution >= 4 is 22.9 Å². The number of nitrogens with one attached hydrogen (secondary N) is 1. The van der Waals surface area contributed by atoms with Crippen molar-refractivity contribution in [3.8, 4) is 5.13 Å². The van der Waals surface area contributed by atoms with Crippen LogP contribution in [0.1, 0.15) is 35.1 Å². The maximum Gasteiger partial charge on any atom is 0.267 e. The molecule has 0 spiro atoms. The van der Waals surface area contributed by atoms with E-state index in [4.69, 9.17) is 0 Å². The van der Waals surface area contributed by atoms with Gasteiger partial charge in [-0.05, 0) is 37.1 Å². The summed E-state index contributed by atoms with van der Waals surface area (Å²) in [6.45, 7) is 2.13. The molecule has 0 saturated carbocycles. The van der Waals surface area contributed by atoms with Crippen molar-refractivity contribution in [2.45, 2.75) is 26.2 Å². The van der Waals surface area contributed by atoms with E-state index in [1.165, 1.54) is 11.3 Å². The number of pyridine rings is 1. The van der Waals surface area contributed by atoms with Crippen LogP contribution in [0.2, 0.25) is 0 Å². The number of rotatable bonds is 6. The van der Waals surface area contributed by atoms with Gasteiger partial charge in [0.25, 0.3) is 5.91 Å². The van der Waals surface area contributed by atoms with E-state index in [0.717, 1.165) is 35.8 Å². The highest BCUT2D eigenvalue weighted by Crippen LogP contribution is 2.25. The fourth-order valence-electron chi connectivity index (χ4n) is 2.23. The van der Waals surface area contributed by atoms with Crippen molar-refractivity contribution in [1.82, 2.24) is 14.5 Å². The van der Waals surface area contributed by atoms with Crippen LogP contribution < -0.4 is 5.32 Å². The quantitative estimate of drug-likeness (QED) is 0.747. The first kappa shape index (κ1) is 15.4. The lowest BCUT2D eigenvalue weighted by molar-refractivity contribution is 0.102. The zero-order valence-electron chi connectivity index (χ0n) is 12.9. The number of carbonyl (C=O) groups excluding carboxylic acids is 1. The second kappa shape index (κ2) is 7.19. The summed E-state index contributed by atoms with van der Waals surface area (Å²) in [7, 11) is 0. The van der Waals surface area contributed by atoms with Crippen molar-refractivity contribution in [3.63, 3.8) is 0 Å². The molecule has 3 aromatic rings. The van der Waals surface area contributed by atoms with Crippen molar-refractivity contribution in [2.24, 2.45) is 0 Å².